The second-order valence-corrected chi connectivity index (χ2v) is 44.8. The number of carboxylic acids is 1. The number of thiol groups is 1. The Bertz CT molecular complexity index is 5440. The summed E-state index contributed by atoms with van der Waals surface area (Å²) in [5, 5.41) is 62.1. The van der Waals surface area contributed by atoms with Crippen LogP contribution in [0.25, 0.3) is 6.08 Å². The molecule has 8 N–H and O–H groups in total. The summed E-state index contributed by atoms with van der Waals surface area (Å²) in [5.74, 6) is -3.23. The van der Waals surface area contributed by atoms with Gasteiger partial charge in [0.25, 0.3) is 5.69 Å². The Morgan fingerprint density at radius 1 is 0.543 bits per heavy atom. The minimum atomic E-state index is -3.93. The normalized spacial score (nSPS) is 18.6. The van der Waals surface area contributed by atoms with Gasteiger partial charge in [-0.1, -0.05) is 127 Å². The summed E-state index contributed by atoms with van der Waals surface area (Å²) in [6, 6.07) is 54.9. The van der Waals surface area contributed by atoms with Gasteiger partial charge in [0, 0.05) is 57.1 Å². The van der Waals surface area contributed by atoms with Crippen LogP contribution in [0.3, 0.4) is 0 Å². The van der Waals surface area contributed by atoms with Crippen molar-refractivity contribution in [2.75, 3.05) is 25.9 Å². The first-order valence-corrected chi connectivity index (χ1v) is 50.4. The maximum Gasteiger partial charge on any atom is 0.431 e. The number of hydrazone groups is 1. The first-order chi connectivity index (χ1) is 65.2. The third kappa shape index (κ3) is 39.3. The lowest BCUT2D eigenvalue weighted by Crippen LogP contribution is -2.53. The number of ether oxygens (including phenoxy) is 5. The van der Waals surface area contributed by atoms with Gasteiger partial charge in [0.05, 0.1) is 39.7 Å². The second-order valence-electron chi connectivity index (χ2n) is 38.3. The number of aldehydes is 1. The lowest BCUT2D eigenvalue weighted by molar-refractivity contribution is -0.384. The maximum atomic E-state index is 13.0. The van der Waals surface area contributed by atoms with Crippen LogP contribution < -0.4 is 20.9 Å². The summed E-state index contributed by atoms with van der Waals surface area (Å²) in [7, 11) is -3.99. The minimum Gasteiger partial charge on any atom is -0.481 e. The highest BCUT2D eigenvalue weighted by Crippen LogP contribution is 2.43. The monoisotopic (exact) mass is 2010 g/mol. The molecule has 5 heterocycles. The number of nitro groups is 1. The molecule has 140 heavy (non-hydrogen) atoms. The van der Waals surface area contributed by atoms with E-state index in [1.54, 1.807) is 189 Å². The Morgan fingerprint density at radius 3 is 1.37 bits per heavy atom. The van der Waals surface area contributed by atoms with Crippen LogP contribution >= 0.6 is 12.6 Å². The molecule has 8 atom stereocenters. The van der Waals surface area contributed by atoms with Crippen molar-refractivity contribution in [2.45, 2.75) is 249 Å². The van der Waals surface area contributed by atoms with Crippen molar-refractivity contribution in [1.29, 1.82) is 0 Å². The molecule has 4 saturated heterocycles. The van der Waals surface area contributed by atoms with Gasteiger partial charge >= 0.3 is 36.3 Å². The van der Waals surface area contributed by atoms with Gasteiger partial charge in [-0.3, -0.25) is 24.5 Å². The zero-order valence-electron chi connectivity index (χ0n) is 82.0. The topological polar surface area (TPSA) is 410 Å². The number of nitrogens with one attached hydrogen (secondary N) is 4. The van der Waals surface area contributed by atoms with Crippen molar-refractivity contribution in [1.82, 2.24) is 45.9 Å². The highest BCUT2D eigenvalue weighted by molar-refractivity contribution is 7.89. The average molecular weight is 2010 g/mol. The number of hydrogen-bond donors (Lipinski definition) is 9. The number of hydrazine groups is 3. The van der Waals surface area contributed by atoms with E-state index in [1.165, 1.54) is 99.3 Å². The molecule has 8 aromatic rings. The fourth-order valence-electron chi connectivity index (χ4n) is 14.1. The SMILES string of the molecule is CC(C)(C)OC(=O)CNS(=O)(=O)c1ccc([N+](=O)[O-])cc1.CC(C)(C)OC(=O)N1N=CC[C@H]1c1ccc(F)cc1.CC(C)(C)OC(=O)N1NC(O)C[C@H]1c1ccc(F)cc1.CC(C)(C)OC(=O)N1N[C@H](c2ccc(F)cc2)CC1O.CN1[C@H](c2ccc(F)cc2)CC(O)N1C(=O)OC(C)(C)C.C[Si](C)(C)OC(c1ccccc1)(c1ccccc1)[C@@H]1CCCN1.O=C(O)CS.O=C/C=C/c1ccc(F)cc1. The van der Waals surface area contributed by atoms with Gasteiger partial charge in [0.1, 0.15) is 94.2 Å². The van der Waals surface area contributed by atoms with Crippen molar-refractivity contribution in [3.8, 4) is 0 Å². The van der Waals surface area contributed by atoms with E-state index in [2.05, 4.69) is 119 Å². The molecule has 0 radical (unpaired) electrons. The van der Waals surface area contributed by atoms with Gasteiger partial charge in [-0.15, -0.1) is 0 Å². The maximum absolute atomic E-state index is 13.0. The number of allylic oxidation sites excluding steroid dienone is 1. The molecule has 5 aliphatic heterocycles. The van der Waals surface area contributed by atoms with Crippen LogP contribution in [0, 0.1) is 39.2 Å². The van der Waals surface area contributed by atoms with E-state index in [4.69, 9.17) is 33.2 Å². The van der Waals surface area contributed by atoms with Crippen LogP contribution in [0.15, 0.2) is 222 Å². The fourth-order valence-corrected chi connectivity index (χ4v) is 16.4. The summed E-state index contributed by atoms with van der Waals surface area (Å²) < 4.78 is 123. The molecule has 3 unspecified atom stereocenters. The van der Waals surface area contributed by atoms with Crippen molar-refractivity contribution >= 4 is 91.5 Å². The number of esters is 1. The molecule has 32 nitrogen and oxygen atoms in total. The molecule has 0 spiro atoms. The third-order valence-electron chi connectivity index (χ3n) is 19.8. The summed E-state index contributed by atoms with van der Waals surface area (Å²) in [5.41, 5.74) is 8.30. The second kappa shape index (κ2) is 52.5. The number of sulfonamides is 1. The first-order valence-electron chi connectivity index (χ1n) is 44.8. The zero-order valence-corrected chi connectivity index (χ0v) is 84.7. The fraction of sp³-hybridized carbons (Fsp3) is 0.420. The number of rotatable bonds is 17. The van der Waals surface area contributed by atoms with Crippen LogP contribution in [0.1, 0.15) is 205 Å². The molecule has 0 bridgehead atoms. The molecule has 4 amide bonds. The van der Waals surface area contributed by atoms with E-state index in [0.29, 0.717) is 38.0 Å². The molecule has 0 saturated carbocycles. The van der Waals surface area contributed by atoms with Gasteiger partial charge in [-0.25, -0.2) is 80.4 Å². The zero-order chi connectivity index (χ0) is 105. The van der Waals surface area contributed by atoms with Gasteiger partial charge < -0.3 is 53.9 Å². The molecule has 8 aromatic carbocycles. The van der Waals surface area contributed by atoms with Gasteiger partial charge in [-0.2, -0.15) is 27.5 Å². The summed E-state index contributed by atoms with van der Waals surface area (Å²) in [6.45, 7) is 33.7. The number of amides is 4. The molecule has 762 valence electrons. The van der Waals surface area contributed by atoms with E-state index < -0.39 is 118 Å². The number of carboxylic acid groups (broad SMARTS) is 1. The molecule has 40 heteroatoms. The summed E-state index contributed by atoms with van der Waals surface area (Å²) in [4.78, 5) is 88.5. The van der Waals surface area contributed by atoms with Gasteiger partial charge in [-0.05, 0) is 261 Å². The largest absolute Gasteiger partial charge is 0.481 e. The lowest BCUT2D eigenvalue weighted by Gasteiger charge is -2.44. The molecule has 13 rings (SSSR count). The number of aliphatic carboxylic acids is 1. The predicted octanol–water partition coefficient (Wildman–Crippen LogP) is 18.6. The molecule has 5 aliphatic rings. The van der Waals surface area contributed by atoms with Gasteiger partial charge in [0.2, 0.25) is 10.0 Å². The molecule has 0 aliphatic carbocycles. The van der Waals surface area contributed by atoms with Crippen LogP contribution in [0.4, 0.5) is 46.8 Å². The molecular formula is C100H130F5N11O21S2Si. The van der Waals surface area contributed by atoms with Crippen LogP contribution in [-0.2, 0) is 58.1 Å². The number of aliphatic hydroxyl groups is 3. The third-order valence-corrected chi connectivity index (χ3v) is 22.4. The Hall–Kier alpha value is -11.9. The quantitative estimate of drug-likeness (QED) is 0.00470. The number of nitro benzene ring substituents is 1. The Labute approximate surface area is 821 Å². The smallest absolute Gasteiger partial charge is 0.431 e. The number of non-ortho nitro benzene ring substituents is 1. The number of carbonyl (C=O) groups excluding carboxylic acids is 6. The molecule has 0 aromatic heterocycles. The van der Waals surface area contributed by atoms with Gasteiger partial charge in [0.15, 0.2) is 8.32 Å². The predicted molar refractivity (Wildman–Crippen MR) is 524 cm³/mol. The summed E-state index contributed by atoms with van der Waals surface area (Å²) >= 11 is 3.42. The van der Waals surface area contributed by atoms with Crippen molar-refractivity contribution in [3.63, 3.8) is 0 Å². The summed E-state index contributed by atoms with van der Waals surface area (Å²) in [6.07, 6.45) is 4.24. The standard InChI is InChI=1S/C20H27NOSi.C15H21FN2O3.2C14H19FN2O3.C14H17FN2O2.C12H16N2O6S.C9H7FO.C2H4O2S/c1-23(2,3)22-20(19-15-10-16-21-19,17-11-6-4-7-12-17)18-13-8-5-9-14-18;1-15(2,3)21-14(20)18-13(19)9-12(17(18)4)10-5-7-11(16)8-6-10;1-14(2,3)20-13(19)17-11(8-12(18)16-17)9-4-6-10(15)7-5-9;1-14(2,3)20-13(19)17-12(18)8-11(16-17)9-4-6-10(15)7-5-9;1-14(2,3)19-13(18)17-12(8-9-16-17)10-4-6-11(15)7-5-10;1-12(2,3)20-11(15)8-13-21(18,19)10-6-4-9(5-7-10)14(16)17;10-9-5-3-8(4-6-9)2-1-7-11;3-2(4)1-5/h4-9,11-14,19,21H,10,15-16H2,1-3H3;5-8,12-13,19H,9H2,1-4H3;2*4-7,11-12,16,18H,8H2,1-3H3;4-7,9,12H,8H2,1-3H3;4-7,13H,8H2,1-3H3;1-7H;5H,1H2,(H,3,4)/b;;;;;;2-1+;/t19-;12-,13?;2*11-,12?;12-;;;/m00000.../s1. The Morgan fingerprint density at radius 2 is 0.957 bits per heavy atom. The molecule has 4 fully saturated rings. The van der Waals surface area contributed by atoms with E-state index in [1.807, 2.05) is 0 Å². The number of aliphatic hydroxyl groups excluding tert-OH is 3. The van der Waals surface area contributed by atoms with E-state index >= 15 is 0 Å². The highest BCUT2D eigenvalue weighted by Gasteiger charge is 2.48. The van der Waals surface area contributed by atoms with E-state index in [-0.39, 0.29) is 69.6 Å². The minimum absolute atomic E-state index is 0.0833. The van der Waals surface area contributed by atoms with E-state index in [9.17, 15) is 89.4 Å². The average Bonchev–Trinajstić information content (AvgIpc) is 1.35. The number of benzene rings is 8. The number of nitrogens with zero attached hydrogens (tertiary/aromatic N) is 7. The van der Waals surface area contributed by atoms with Crippen molar-refractivity contribution in [2.24, 2.45) is 5.10 Å². The Balaban J connectivity index is 0.000000250. The first kappa shape index (κ1) is 117. The van der Waals surface area contributed by atoms with Crippen LogP contribution in [-0.4, -0.2) is 195 Å². The number of hydrogen-bond acceptors (Lipinski definition) is 26. The van der Waals surface area contributed by atoms with Crippen LogP contribution in [0.2, 0.25) is 19.6 Å². The van der Waals surface area contributed by atoms with Crippen molar-refractivity contribution in [3.05, 3.63) is 290 Å². The van der Waals surface area contributed by atoms with E-state index in [0.717, 1.165) is 70.1 Å². The number of carbonyl (C=O) groups is 7. The number of halogens is 5. The molecular weight excluding hydrogens is 1880 g/mol. The van der Waals surface area contributed by atoms with Crippen LogP contribution in [0.5, 0.6) is 0 Å². The Kier molecular flexibility index (Phi) is 43.8. The highest BCUT2D eigenvalue weighted by atomic mass is 32.2. The van der Waals surface area contributed by atoms with Crippen molar-refractivity contribution < 1.29 is 117 Å². The lowest BCUT2D eigenvalue weighted by atomic mass is 9.79.